The van der Waals surface area contributed by atoms with Crippen LogP contribution in [0.3, 0.4) is 0 Å². The van der Waals surface area contributed by atoms with Gasteiger partial charge in [0.2, 0.25) is 0 Å². The van der Waals surface area contributed by atoms with Crippen LogP contribution < -0.4 is 0 Å². The molecule has 5 nitrogen and oxygen atoms in total. The summed E-state index contributed by atoms with van der Waals surface area (Å²) in [6.45, 7) is 1.31. The average Bonchev–Trinajstić information content (AvgIpc) is 2.99. The summed E-state index contributed by atoms with van der Waals surface area (Å²) in [6.07, 6.45) is 5.55. The molecule has 0 bridgehead atoms. The lowest BCUT2D eigenvalue weighted by atomic mass is 10.2. The minimum Gasteiger partial charge on any atom is -0.468 e. The molecule has 0 N–H and O–H groups in total. The molecule has 20 heavy (non-hydrogen) atoms. The summed E-state index contributed by atoms with van der Waals surface area (Å²) in [4.78, 5) is 13.9. The average molecular weight is 275 g/mol. The van der Waals surface area contributed by atoms with Crippen molar-refractivity contribution >= 4 is 5.97 Å². The van der Waals surface area contributed by atoms with E-state index in [2.05, 4.69) is 4.90 Å². The molecule has 0 amide bonds. The van der Waals surface area contributed by atoms with E-state index >= 15 is 0 Å². The maximum absolute atomic E-state index is 11.7. The summed E-state index contributed by atoms with van der Waals surface area (Å²) in [5.74, 6) is 1.21. The molecule has 0 saturated heterocycles. The monoisotopic (exact) mass is 275 g/mol. The molecule has 106 valence electrons. The number of hydrogen-bond acceptors (Lipinski definition) is 5. The summed E-state index contributed by atoms with van der Waals surface area (Å²) < 4.78 is 15.6. The Morgan fingerprint density at radius 3 is 2.80 bits per heavy atom. The van der Waals surface area contributed by atoms with Gasteiger partial charge in [-0.15, -0.1) is 0 Å². The van der Waals surface area contributed by atoms with Gasteiger partial charge in [-0.05, 0) is 31.0 Å². The van der Waals surface area contributed by atoms with Crippen LogP contribution in [0.25, 0.3) is 0 Å². The quantitative estimate of drug-likeness (QED) is 0.759. The predicted octanol–water partition coefficient (Wildman–Crippen LogP) is 2.82. The summed E-state index contributed by atoms with van der Waals surface area (Å²) in [5, 5.41) is 0. The Labute approximate surface area is 117 Å². The minimum absolute atomic E-state index is 0.359. The first-order valence-corrected chi connectivity index (χ1v) is 6.69. The van der Waals surface area contributed by atoms with E-state index in [0.29, 0.717) is 23.9 Å². The largest absolute Gasteiger partial charge is 0.468 e. The van der Waals surface area contributed by atoms with Gasteiger partial charge in [-0.1, -0.05) is 0 Å². The third-order valence-corrected chi connectivity index (χ3v) is 3.50. The van der Waals surface area contributed by atoms with Crippen LogP contribution >= 0.6 is 0 Å². The first kappa shape index (κ1) is 13.0. The smallest absolute Gasteiger partial charge is 0.341 e. The van der Waals surface area contributed by atoms with Crippen LogP contribution in [0.1, 0.15) is 34.7 Å². The molecule has 0 spiro atoms. The van der Waals surface area contributed by atoms with Crippen LogP contribution in [0, 0.1) is 0 Å². The molecule has 3 rings (SSSR count). The molecular weight excluding hydrogens is 258 g/mol. The Balaban J connectivity index is 1.73. The molecule has 0 aliphatic heterocycles. The van der Waals surface area contributed by atoms with Crippen LogP contribution in [-0.4, -0.2) is 24.0 Å². The maximum atomic E-state index is 11.7. The summed E-state index contributed by atoms with van der Waals surface area (Å²) in [5.41, 5.74) is 0.498. The molecule has 1 saturated carbocycles. The van der Waals surface area contributed by atoms with Gasteiger partial charge in [0.15, 0.2) is 0 Å². The molecular formula is C15H17NO4. The summed E-state index contributed by atoms with van der Waals surface area (Å²) >= 11 is 0. The summed E-state index contributed by atoms with van der Waals surface area (Å²) in [6, 6.07) is 6.03. The highest BCUT2D eigenvalue weighted by Gasteiger charge is 2.31. The van der Waals surface area contributed by atoms with Gasteiger partial charge in [-0.25, -0.2) is 4.79 Å². The highest BCUT2D eigenvalue weighted by molar-refractivity contribution is 5.90. The van der Waals surface area contributed by atoms with Gasteiger partial charge in [-0.2, -0.15) is 0 Å². The van der Waals surface area contributed by atoms with Gasteiger partial charge in [0.1, 0.15) is 17.1 Å². The number of carbonyl (C=O) groups is 1. The fraction of sp³-hybridized carbons (Fsp3) is 0.400. The van der Waals surface area contributed by atoms with Crippen LogP contribution in [0.15, 0.2) is 39.6 Å². The van der Waals surface area contributed by atoms with Gasteiger partial charge in [0, 0.05) is 6.04 Å². The van der Waals surface area contributed by atoms with Crippen LogP contribution in [0.2, 0.25) is 0 Å². The fourth-order valence-electron chi connectivity index (χ4n) is 2.30. The van der Waals surface area contributed by atoms with E-state index < -0.39 is 0 Å². The lowest BCUT2D eigenvalue weighted by Gasteiger charge is -2.19. The molecule has 0 unspecified atom stereocenters. The van der Waals surface area contributed by atoms with Crippen molar-refractivity contribution in [3.05, 3.63) is 47.8 Å². The predicted molar refractivity (Wildman–Crippen MR) is 71.0 cm³/mol. The molecule has 1 aliphatic carbocycles. The van der Waals surface area contributed by atoms with E-state index in [1.54, 1.807) is 12.3 Å². The van der Waals surface area contributed by atoms with Crippen molar-refractivity contribution in [2.24, 2.45) is 0 Å². The SMILES string of the molecule is COC(=O)c1ccoc1CN(Cc1ccco1)C1CC1. The molecule has 2 heterocycles. The zero-order valence-electron chi connectivity index (χ0n) is 11.4. The second-order valence-corrected chi connectivity index (χ2v) is 4.96. The number of hydrogen-bond donors (Lipinski definition) is 0. The lowest BCUT2D eigenvalue weighted by Crippen LogP contribution is -2.25. The molecule has 5 heteroatoms. The Bertz CT molecular complexity index is 568. The summed E-state index contributed by atoms with van der Waals surface area (Å²) in [7, 11) is 1.38. The zero-order valence-corrected chi connectivity index (χ0v) is 11.4. The maximum Gasteiger partial charge on any atom is 0.341 e. The lowest BCUT2D eigenvalue weighted by molar-refractivity contribution is 0.0595. The Kier molecular flexibility index (Phi) is 3.60. The highest BCUT2D eigenvalue weighted by atomic mass is 16.5. The Morgan fingerprint density at radius 2 is 2.15 bits per heavy atom. The molecule has 1 aliphatic rings. The van der Waals surface area contributed by atoms with Gasteiger partial charge < -0.3 is 13.6 Å². The normalized spacial score (nSPS) is 14.7. The molecule has 0 radical (unpaired) electrons. The van der Waals surface area contributed by atoms with Crippen molar-refractivity contribution in [2.45, 2.75) is 32.0 Å². The number of carbonyl (C=O) groups excluding carboxylic acids is 1. The number of esters is 1. The van der Waals surface area contributed by atoms with Crippen molar-refractivity contribution in [3.63, 3.8) is 0 Å². The number of nitrogens with zero attached hydrogens (tertiary/aromatic N) is 1. The zero-order chi connectivity index (χ0) is 13.9. The fourth-order valence-corrected chi connectivity index (χ4v) is 2.30. The van der Waals surface area contributed by atoms with Crippen molar-refractivity contribution in [1.82, 2.24) is 4.90 Å². The molecule has 1 fully saturated rings. The standard InChI is InChI=1S/C15H17NO4/c1-18-15(17)13-6-8-20-14(13)10-16(11-4-5-11)9-12-3-2-7-19-12/h2-3,6-8,11H,4-5,9-10H2,1H3. The minimum atomic E-state index is -0.359. The first-order valence-electron chi connectivity index (χ1n) is 6.69. The van der Waals surface area contributed by atoms with Crippen LogP contribution in [0.5, 0.6) is 0 Å². The van der Waals surface area contributed by atoms with E-state index in [1.807, 2.05) is 12.1 Å². The highest BCUT2D eigenvalue weighted by Crippen LogP contribution is 2.30. The number of rotatable bonds is 6. The molecule has 0 aromatic carbocycles. The topological polar surface area (TPSA) is 55.8 Å². The Hall–Kier alpha value is -2.01. The van der Waals surface area contributed by atoms with Crippen molar-refractivity contribution < 1.29 is 18.4 Å². The van der Waals surface area contributed by atoms with Gasteiger partial charge in [0.05, 0.1) is 32.7 Å². The molecule has 2 aromatic heterocycles. The van der Waals surface area contributed by atoms with E-state index in [0.717, 1.165) is 12.3 Å². The van der Waals surface area contributed by atoms with Crippen LogP contribution in [0.4, 0.5) is 0 Å². The van der Waals surface area contributed by atoms with Gasteiger partial charge in [0.25, 0.3) is 0 Å². The van der Waals surface area contributed by atoms with Crippen molar-refractivity contribution in [1.29, 1.82) is 0 Å². The molecule has 0 atom stereocenters. The third-order valence-electron chi connectivity index (χ3n) is 3.50. The first-order chi connectivity index (χ1) is 9.78. The van der Waals surface area contributed by atoms with E-state index in [4.69, 9.17) is 13.6 Å². The molecule has 2 aromatic rings. The second kappa shape index (κ2) is 5.54. The van der Waals surface area contributed by atoms with E-state index in [-0.39, 0.29) is 5.97 Å². The van der Waals surface area contributed by atoms with Gasteiger partial charge >= 0.3 is 5.97 Å². The number of methoxy groups -OCH3 is 1. The number of furan rings is 2. The Morgan fingerprint density at radius 1 is 1.30 bits per heavy atom. The van der Waals surface area contributed by atoms with Gasteiger partial charge in [-0.3, -0.25) is 4.90 Å². The van der Waals surface area contributed by atoms with Crippen LogP contribution in [-0.2, 0) is 17.8 Å². The van der Waals surface area contributed by atoms with E-state index in [1.165, 1.54) is 26.2 Å². The second-order valence-electron chi connectivity index (χ2n) is 4.96. The third kappa shape index (κ3) is 2.77. The number of ether oxygens (including phenoxy) is 1. The van der Waals surface area contributed by atoms with Crippen molar-refractivity contribution in [3.8, 4) is 0 Å². The van der Waals surface area contributed by atoms with E-state index in [9.17, 15) is 4.79 Å². The van der Waals surface area contributed by atoms with Crippen molar-refractivity contribution in [2.75, 3.05) is 7.11 Å².